The van der Waals surface area contributed by atoms with E-state index < -0.39 is 0 Å². The summed E-state index contributed by atoms with van der Waals surface area (Å²) in [7, 11) is 0. The van der Waals surface area contributed by atoms with Crippen LogP contribution in [0.25, 0.3) is 0 Å². The molecule has 0 aliphatic heterocycles. The number of nitrogens with zero attached hydrogens (tertiary/aromatic N) is 1. The first kappa shape index (κ1) is 14.5. The van der Waals surface area contributed by atoms with Crippen LogP contribution in [0, 0.1) is 5.41 Å². The molecule has 0 fully saturated rings. The molecule has 0 unspecified atom stereocenters. The van der Waals surface area contributed by atoms with Gasteiger partial charge in [-0.2, -0.15) is 0 Å². The quantitative estimate of drug-likeness (QED) is 0.839. The van der Waals surface area contributed by atoms with Crippen LogP contribution in [0.4, 0.5) is 5.69 Å². The lowest BCUT2D eigenvalue weighted by atomic mass is 9.77. The largest absolute Gasteiger partial charge is 0.511 e. The van der Waals surface area contributed by atoms with Gasteiger partial charge in [-0.25, -0.2) is 0 Å². The van der Waals surface area contributed by atoms with Crippen LogP contribution >= 0.6 is 0 Å². The van der Waals surface area contributed by atoms with E-state index in [1.165, 1.54) is 11.8 Å². The third-order valence-corrected chi connectivity index (χ3v) is 3.56. The lowest BCUT2D eigenvalue weighted by Crippen LogP contribution is -2.26. The van der Waals surface area contributed by atoms with E-state index in [4.69, 9.17) is 0 Å². The first-order chi connectivity index (χ1) is 9.41. The van der Waals surface area contributed by atoms with E-state index in [0.717, 1.165) is 12.1 Å². The number of rotatable bonds is 3. The van der Waals surface area contributed by atoms with Crippen LogP contribution in [0.3, 0.4) is 0 Å². The molecule has 3 nitrogen and oxygen atoms in total. The van der Waals surface area contributed by atoms with Crippen molar-refractivity contribution in [2.24, 2.45) is 10.4 Å². The number of aliphatic hydroxyl groups is 1. The molecule has 20 heavy (non-hydrogen) atoms. The smallest absolute Gasteiger partial charge is 0.168 e. The Labute approximate surface area is 120 Å². The molecule has 0 saturated heterocycles. The SMILES string of the molecule is CCc1cccc(N=CC2=C(O)CC(C)(C)CC2=O)c1. The predicted octanol–water partition coefficient (Wildman–Crippen LogP) is 4.15. The van der Waals surface area contributed by atoms with Crippen LogP contribution in [0.15, 0.2) is 40.6 Å². The predicted molar refractivity (Wildman–Crippen MR) is 81.6 cm³/mol. The molecule has 0 amide bonds. The van der Waals surface area contributed by atoms with Gasteiger partial charge in [0.05, 0.1) is 11.3 Å². The minimum atomic E-state index is -0.166. The van der Waals surface area contributed by atoms with E-state index in [1.54, 1.807) is 0 Å². The zero-order valence-electron chi connectivity index (χ0n) is 12.3. The molecule has 0 bridgehead atoms. The summed E-state index contributed by atoms with van der Waals surface area (Å²) in [5, 5.41) is 10.0. The number of carbonyl (C=O) groups is 1. The van der Waals surface area contributed by atoms with Crippen LogP contribution in [-0.2, 0) is 11.2 Å². The van der Waals surface area contributed by atoms with Crippen molar-refractivity contribution in [1.29, 1.82) is 0 Å². The van der Waals surface area contributed by atoms with Crippen LogP contribution in [0.1, 0.15) is 39.2 Å². The Morgan fingerprint density at radius 1 is 1.35 bits per heavy atom. The molecule has 0 spiro atoms. The third kappa shape index (κ3) is 3.35. The first-order valence-corrected chi connectivity index (χ1v) is 6.99. The normalized spacial score (nSPS) is 18.9. The fourth-order valence-electron chi connectivity index (χ4n) is 2.44. The van der Waals surface area contributed by atoms with Gasteiger partial charge < -0.3 is 5.11 Å². The fraction of sp³-hybridized carbons (Fsp3) is 0.412. The highest BCUT2D eigenvalue weighted by molar-refractivity contribution is 6.14. The number of aryl methyl sites for hydroxylation is 1. The number of hydrogen-bond donors (Lipinski definition) is 1. The molecular formula is C17H21NO2. The van der Waals surface area contributed by atoms with Crippen molar-refractivity contribution in [3.63, 3.8) is 0 Å². The number of allylic oxidation sites excluding steroid dienone is 2. The Morgan fingerprint density at radius 2 is 2.10 bits per heavy atom. The van der Waals surface area contributed by atoms with Crippen molar-refractivity contribution in [3.05, 3.63) is 41.2 Å². The summed E-state index contributed by atoms with van der Waals surface area (Å²) in [6.45, 7) is 6.06. The monoisotopic (exact) mass is 271 g/mol. The van der Waals surface area contributed by atoms with Crippen molar-refractivity contribution in [2.75, 3.05) is 0 Å². The molecule has 1 aliphatic carbocycles. The Balaban J connectivity index is 2.24. The number of Topliss-reactive ketones (excluding diaryl/α,β-unsaturated/α-hetero) is 1. The molecule has 0 atom stereocenters. The summed E-state index contributed by atoms with van der Waals surface area (Å²) in [4.78, 5) is 16.4. The van der Waals surface area contributed by atoms with Gasteiger partial charge in [-0.3, -0.25) is 9.79 Å². The van der Waals surface area contributed by atoms with Gasteiger partial charge in [-0.1, -0.05) is 32.9 Å². The molecule has 1 aliphatic rings. The highest BCUT2D eigenvalue weighted by atomic mass is 16.3. The lowest BCUT2D eigenvalue weighted by molar-refractivity contribution is -0.117. The van der Waals surface area contributed by atoms with E-state index in [1.807, 2.05) is 38.1 Å². The maximum absolute atomic E-state index is 12.1. The van der Waals surface area contributed by atoms with Crippen LogP contribution < -0.4 is 0 Å². The van der Waals surface area contributed by atoms with Crippen LogP contribution in [0.2, 0.25) is 0 Å². The molecule has 0 radical (unpaired) electrons. The molecule has 3 heteroatoms. The highest BCUT2D eigenvalue weighted by Gasteiger charge is 2.32. The molecular weight excluding hydrogens is 250 g/mol. The minimum Gasteiger partial charge on any atom is -0.511 e. The molecule has 1 N–H and O–H groups in total. The summed E-state index contributed by atoms with van der Waals surface area (Å²) in [5.74, 6) is 0.121. The van der Waals surface area contributed by atoms with E-state index in [2.05, 4.69) is 11.9 Å². The van der Waals surface area contributed by atoms with E-state index in [-0.39, 0.29) is 17.0 Å². The zero-order chi connectivity index (χ0) is 14.8. The minimum absolute atomic E-state index is 0.0332. The number of hydrogen-bond acceptors (Lipinski definition) is 3. The van der Waals surface area contributed by atoms with Crippen molar-refractivity contribution >= 4 is 17.7 Å². The summed E-state index contributed by atoms with van der Waals surface area (Å²) >= 11 is 0. The number of carbonyl (C=O) groups excluding carboxylic acids is 1. The Morgan fingerprint density at radius 3 is 2.75 bits per heavy atom. The van der Waals surface area contributed by atoms with Gasteiger partial charge in [0.2, 0.25) is 0 Å². The van der Waals surface area contributed by atoms with Crippen LogP contribution in [0.5, 0.6) is 0 Å². The number of benzene rings is 1. The van der Waals surface area contributed by atoms with Gasteiger partial charge in [-0.15, -0.1) is 0 Å². The molecule has 106 valence electrons. The van der Waals surface area contributed by atoms with Gasteiger partial charge in [0.1, 0.15) is 5.76 Å². The molecule has 0 aromatic heterocycles. The second-order valence-electron chi connectivity index (χ2n) is 6.08. The van der Waals surface area contributed by atoms with Gasteiger partial charge >= 0.3 is 0 Å². The second kappa shape index (κ2) is 5.61. The Bertz CT molecular complexity index is 582. The molecule has 0 heterocycles. The van der Waals surface area contributed by atoms with Gasteiger partial charge in [0.25, 0.3) is 0 Å². The average Bonchev–Trinajstić information content (AvgIpc) is 2.36. The summed E-state index contributed by atoms with van der Waals surface area (Å²) in [6.07, 6.45) is 3.43. The maximum atomic E-state index is 12.1. The summed E-state index contributed by atoms with van der Waals surface area (Å²) < 4.78 is 0. The van der Waals surface area contributed by atoms with E-state index in [9.17, 15) is 9.90 Å². The average molecular weight is 271 g/mol. The van der Waals surface area contributed by atoms with E-state index >= 15 is 0 Å². The Kier molecular flexibility index (Phi) is 4.07. The molecule has 0 saturated carbocycles. The van der Waals surface area contributed by atoms with Crippen molar-refractivity contribution in [3.8, 4) is 0 Å². The van der Waals surface area contributed by atoms with Gasteiger partial charge in [0, 0.05) is 19.1 Å². The van der Waals surface area contributed by atoms with Crippen LogP contribution in [-0.4, -0.2) is 17.1 Å². The number of aliphatic hydroxyl groups excluding tert-OH is 1. The third-order valence-electron chi connectivity index (χ3n) is 3.56. The summed E-state index contributed by atoms with van der Waals surface area (Å²) in [6, 6.07) is 7.88. The highest BCUT2D eigenvalue weighted by Crippen LogP contribution is 2.35. The second-order valence-corrected chi connectivity index (χ2v) is 6.08. The Hall–Kier alpha value is -1.90. The lowest BCUT2D eigenvalue weighted by Gasteiger charge is -2.28. The fourth-order valence-corrected chi connectivity index (χ4v) is 2.44. The molecule has 1 aromatic rings. The number of ketones is 1. The first-order valence-electron chi connectivity index (χ1n) is 6.99. The maximum Gasteiger partial charge on any atom is 0.168 e. The van der Waals surface area contributed by atoms with Crippen molar-refractivity contribution in [2.45, 2.75) is 40.0 Å². The van der Waals surface area contributed by atoms with Crippen molar-refractivity contribution < 1.29 is 9.90 Å². The topological polar surface area (TPSA) is 49.7 Å². The van der Waals surface area contributed by atoms with Gasteiger partial charge in [0.15, 0.2) is 5.78 Å². The van der Waals surface area contributed by atoms with Gasteiger partial charge in [-0.05, 0) is 29.5 Å². The molecule has 2 rings (SSSR count). The summed E-state index contributed by atoms with van der Waals surface area (Å²) in [5.41, 5.74) is 2.20. The van der Waals surface area contributed by atoms with Crippen molar-refractivity contribution in [1.82, 2.24) is 0 Å². The number of aliphatic imine (C=N–C) groups is 1. The standard InChI is InChI=1S/C17H21NO2/c1-4-12-6-5-7-13(8-12)18-11-14-15(19)9-17(2,3)10-16(14)20/h5-8,11,19H,4,9-10H2,1-3H3. The zero-order valence-corrected chi connectivity index (χ0v) is 12.3. The molecule has 1 aromatic carbocycles. The van der Waals surface area contributed by atoms with E-state index in [0.29, 0.717) is 18.4 Å².